The van der Waals surface area contributed by atoms with Gasteiger partial charge in [0, 0.05) is 12.1 Å². The van der Waals surface area contributed by atoms with E-state index in [4.69, 9.17) is 16.2 Å². The van der Waals surface area contributed by atoms with Gasteiger partial charge >= 0.3 is 5.97 Å². The van der Waals surface area contributed by atoms with Crippen molar-refractivity contribution in [1.29, 1.82) is 0 Å². The molecule has 12 heteroatoms. The molecule has 4 N–H and O–H groups in total. The summed E-state index contributed by atoms with van der Waals surface area (Å²) in [6.45, 7) is 0.0732. The molecule has 2 atom stereocenters. The Morgan fingerprint density at radius 2 is 1.93 bits per heavy atom. The Labute approximate surface area is 163 Å². The molecule has 2 aromatic rings. The molecule has 0 saturated carbocycles. The van der Waals surface area contributed by atoms with Gasteiger partial charge in [0.1, 0.15) is 5.82 Å². The van der Waals surface area contributed by atoms with Crippen molar-refractivity contribution in [2.24, 2.45) is 11.5 Å². The number of carbonyl (C=O) groups is 4. The van der Waals surface area contributed by atoms with Crippen LogP contribution in [0.2, 0.25) is 0 Å². The van der Waals surface area contributed by atoms with E-state index in [1.54, 1.807) is 0 Å². The first-order chi connectivity index (χ1) is 13.8. The summed E-state index contributed by atoms with van der Waals surface area (Å²) in [5, 5.41) is 7.32. The molecule has 1 saturated heterocycles. The zero-order valence-electron chi connectivity index (χ0n) is 15.2. The van der Waals surface area contributed by atoms with E-state index < -0.39 is 47.3 Å². The minimum atomic E-state index is -1.21. The van der Waals surface area contributed by atoms with E-state index in [9.17, 15) is 23.6 Å². The number of carbonyl (C=O) groups excluding carboxylic acids is 4. The molecule has 11 nitrogen and oxygen atoms in total. The second kappa shape index (κ2) is 7.66. The molecule has 1 aliphatic heterocycles. The number of nitrogens with two attached hydrogens (primary N) is 2. The van der Waals surface area contributed by atoms with Crippen LogP contribution in [0.4, 0.5) is 4.39 Å². The van der Waals surface area contributed by atoms with Crippen LogP contribution in [0.1, 0.15) is 43.8 Å². The maximum atomic E-state index is 13.5. The van der Waals surface area contributed by atoms with Crippen LogP contribution >= 0.6 is 0 Å². The van der Waals surface area contributed by atoms with E-state index >= 15 is 0 Å². The summed E-state index contributed by atoms with van der Waals surface area (Å²) in [5.41, 5.74) is 9.74. The number of esters is 1. The smallest absolute Gasteiger partial charge is 0.330 e. The first-order valence-electron chi connectivity index (χ1n) is 8.45. The number of primary amides is 2. The molecular formula is C17H17FN6O5. The summed E-state index contributed by atoms with van der Waals surface area (Å²) >= 11 is 0. The number of ether oxygens (including phenoxy) is 1. The summed E-state index contributed by atoms with van der Waals surface area (Å²) in [7, 11) is 1.13. The van der Waals surface area contributed by atoms with Crippen molar-refractivity contribution >= 4 is 23.7 Å². The van der Waals surface area contributed by atoms with Crippen LogP contribution in [0.15, 0.2) is 24.3 Å². The predicted molar refractivity (Wildman–Crippen MR) is 94.0 cm³/mol. The molecule has 0 radical (unpaired) electrons. The number of halogens is 1. The Morgan fingerprint density at radius 1 is 1.21 bits per heavy atom. The van der Waals surface area contributed by atoms with E-state index in [0.29, 0.717) is 0 Å². The van der Waals surface area contributed by atoms with Crippen LogP contribution < -0.4 is 11.5 Å². The third-order valence-corrected chi connectivity index (χ3v) is 4.62. The fourth-order valence-electron chi connectivity index (χ4n) is 3.37. The summed E-state index contributed by atoms with van der Waals surface area (Å²) < 4.78 is 19.3. The number of likely N-dealkylation sites (tertiary alicyclic amines) is 1. The van der Waals surface area contributed by atoms with Crippen LogP contribution in [0.25, 0.3) is 0 Å². The van der Waals surface area contributed by atoms with Crippen LogP contribution in [0.5, 0.6) is 0 Å². The topological polar surface area (TPSA) is 164 Å². The Bertz CT molecular complexity index is 1010. The first-order valence-corrected chi connectivity index (χ1v) is 8.45. The lowest BCUT2D eigenvalue weighted by molar-refractivity contribution is -0.146. The number of benzene rings is 1. The Morgan fingerprint density at radius 3 is 2.52 bits per heavy atom. The van der Waals surface area contributed by atoms with E-state index in [-0.39, 0.29) is 24.2 Å². The molecule has 1 aromatic heterocycles. The zero-order valence-corrected chi connectivity index (χ0v) is 15.2. The average molecular weight is 404 g/mol. The van der Waals surface area contributed by atoms with E-state index in [1.165, 1.54) is 23.1 Å². The highest BCUT2D eigenvalue weighted by Crippen LogP contribution is 2.32. The van der Waals surface area contributed by atoms with Gasteiger partial charge in [-0.3, -0.25) is 14.4 Å². The number of amides is 3. The highest BCUT2D eigenvalue weighted by molar-refractivity contribution is 6.03. The molecule has 152 valence electrons. The number of nitrogens with zero attached hydrogens (tertiary/aromatic N) is 4. The maximum Gasteiger partial charge on any atom is 0.330 e. The van der Waals surface area contributed by atoms with Crippen LogP contribution in [0, 0.1) is 5.82 Å². The standard InChI is InChI=1S/C17H17FN6O5/c1-29-17(28)12-10(24-13(15(20)26)11(14(19)25)21-22-24)5-6-23(12)16(27)8-3-2-4-9(18)7-8/h2-4,7,10,12H,5-6H2,1H3,(H2,19,25)(H2,20,26). The molecule has 29 heavy (non-hydrogen) atoms. The lowest BCUT2D eigenvalue weighted by Gasteiger charge is -2.26. The second-order valence-electron chi connectivity index (χ2n) is 6.29. The van der Waals surface area contributed by atoms with Crippen molar-refractivity contribution in [1.82, 2.24) is 19.9 Å². The highest BCUT2D eigenvalue weighted by Gasteiger charge is 2.46. The molecule has 2 heterocycles. The number of rotatable bonds is 5. The van der Waals surface area contributed by atoms with Crippen molar-refractivity contribution in [3.05, 3.63) is 47.0 Å². The van der Waals surface area contributed by atoms with Gasteiger partial charge in [-0.05, 0) is 24.6 Å². The van der Waals surface area contributed by atoms with Gasteiger partial charge in [0.25, 0.3) is 17.7 Å². The fraction of sp³-hybridized carbons (Fsp3) is 0.294. The van der Waals surface area contributed by atoms with Gasteiger partial charge in [-0.15, -0.1) is 5.10 Å². The van der Waals surface area contributed by atoms with Gasteiger partial charge in [0.2, 0.25) is 0 Å². The number of hydrogen-bond acceptors (Lipinski definition) is 7. The molecule has 1 aliphatic rings. The molecular weight excluding hydrogens is 387 g/mol. The summed E-state index contributed by atoms with van der Waals surface area (Å²) in [4.78, 5) is 49.9. The minimum absolute atomic E-state index is 0.0334. The van der Waals surface area contributed by atoms with Crippen molar-refractivity contribution in [2.75, 3.05) is 13.7 Å². The molecule has 0 spiro atoms. The van der Waals surface area contributed by atoms with Crippen molar-refractivity contribution < 1.29 is 28.3 Å². The van der Waals surface area contributed by atoms with Gasteiger partial charge < -0.3 is 21.1 Å². The third kappa shape index (κ3) is 3.51. The van der Waals surface area contributed by atoms with Crippen LogP contribution in [-0.2, 0) is 9.53 Å². The normalized spacial score (nSPS) is 18.5. The summed E-state index contributed by atoms with van der Waals surface area (Å²) in [6.07, 6.45) is 0.169. The molecule has 3 rings (SSSR count). The molecule has 3 amide bonds. The van der Waals surface area contributed by atoms with Gasteiger partial charge in [-0.25, -0.2) is 13.9 Å². The first kappa shape index (κ1) is 19.9. The maximum absolute atomic E-state index is 13.5. The van der Waals surface area contributed by atoms with Crippen molar-refractivity contribution in [2.45, 2.75) is 18.5 Å². The lowest BCUT2D eigenvalue weighted by atomic mass is 10.1. The van der Waals surface area contributed by atoms with Crippen LogP contribution in [-0.4, -0.2) is 63.3 Å². The van der Waals surface area contributed by atoms with E-state index in [0.717, 1.165) is 17.9 Å². The van der Waals surface area contributed by atoms with Gasteiger partial charge in [0.05, 0.1) is 13.2 Å². The SMILES string of the molecule is COC(=O)C1C(n2nnc(C(N)=O)c2C(N)=O)CCN1C(=O)c1cccc(F)c1. The number of hydrogen-bond donors (Lipinski definition) is 2. The van der Waals surface area contributed by atoms with Crippen molar-refractivity contribution in [3.63, 3.8) is 0 Å². The largest absolute Gasteiger partial charge is 0.467 e. The number of aromatic nitrogens is 3. The summed E-state index contributed by atoms with van der Waals surface area (Å²) in [6, 6.07) is 2.88. The zero-order chi connectivity index (χ0) is 21.3. The number of methoxy groups -OCH3 is 1. The van der Waals surface area contributed by atoms with E-state index in [1.807, 2.05) is 0 Å². The average Bonchev–Trinajstić information content (AvgIpc) is 3.31. The molecule has 1 fully saturated rings. The molecule has 0 bridgehead atoms. The fourth-order valence-corrected chi connectivity index (χ4v) is 3.37. The van der Waals surface area contributed by atoms with Gasteiger partial charge in [0.15, 0.2) is 17.4 Å². The Balaban J connectivity index is 2.04. The monoisotopic (exact) mass is 404 g/mol. The molecule has 1 aromatic carbocycles. The molecule has 0 aliphatic carbocycles. The van der Waals surface area contributed by atoms with Crippen molar-refractivity contribution in [3.8, 4) is 0 Å². The van der Waals surface area contributed by atoms with Gasteiger partial charge in [-0.1, -0.05) is 11.3 Å². The minimum Gasteiger partial charge on any atom is -0.467 e. The Hall–Kier alpha value is -3.83. The summed E-state index contributed by atoms with van der Waals surface area (Å²) in [5.74, 6) is -4.06. The second-order valence-corrected chi connectivity index (χ2v) is 6.29. The van der Waals surface area contributed by atoms with Crippen LogP contribution in [0.3, 0.4) is 0 Å². The van der Waals surface area contributed by atoms with E-state index in [2.05, 4.69) is 10.3 Å². The Kier molecular flexibility index (Phi) is 5.26. The third-order valence-electron chi connectivity index (χ3n) is 4.62. The lowest BCUT2D eigenvalue weighted by Crippen LogP contribution is -2.45. The van der Waals surface area contributed by atoms with Gasteiger partial charge in [-0.2, -0.15) is 0 Å². The predicted octanol–water partition coefficient (Wildman–Crippen LogP) is -0.756. The quantitative estimate of drug-likeness (QED) is 0.619. The highest BCUT2D eigenvalue weighted by atomic mass is 19.1. The molecule has 2 unspecified atom stereocenters.